The molecule has 244 valence electrons. The number of hydrogen-bond acceptors (Lipinski definition) is 15. The predicted molar refractivity (Wildman–Crippen MR) is 168 cm³/mol. The Kier molecular flexibility index (Phi) is 9.25. The van der Waals surface area contributed by atoms with E-state index in [4.69, 9.17) is 29.8 Å². The third-order valence-corrected chi connectivity index (χ3v) is 11.2. The largest absolute Gasteiger partial charge is 0.386 e. The number of hydrogen-bond donors (Lipinski definition) is 6. The van der Waals surface area contributed by atoms with E-state index >= 15 is 4.39 Å². The van der Waals surface area contributed by atoms with Crippen LogP contribution in [0.3, 0.4) is 0 Å². The molecule has 0 amide bonds. The third kappa shape index (κ3) is 7.19. The first-order chi connectivity index (χ1) is 21.3. The molecule has 6 heterocycles. The Labute approximate surface area is 267 Å². The average molecular weight is 725 g/mol. The summed E-state index contributed by atoms with van der Waals surface area (Å²) >= 11 is 8.81. The van der Waals surface area contributed by atoms with Crippen LogP contribution < -0.4 is 17.0 Å². The van der Waals surface area contributed by atoms with Crippen LogP contribution in [0.4, 0.5) is 16.2 Å². The number of thioether (sulfide) groups is 1. The number of nitrogens with zero attached hydrogens (tertiary/aromatic N) is 7. The molecule has 2 fully saturated rings. The van der Waals surface area contributed by atoms with Crippen LogP contribution in [0, 0.1) is 5.92 Å². The highest BCUT2D eigenvalue weighted by molar-refractivity contribution is 8.44. The summed E-state index contributed by atoms with van der Waals surface area (Å²) in [6, 6.07) is 0. The van der Waals surface area contributed by atoms with E-state index in [1.807, 2.05) is 0 Å². The average Bonchev–Trinajstić information content (AvgIpc) is 3.74. The van der Waals surface area contributed by atoms with Crippen molar-refractivity contribution in [2.24, 2.45) is 5.92 Å². The van der Waals surface area contributed by atoms with E-state index in [1.54, 1.807) is 9.13 Å². The zero-order valence-electron chi connectivity index (χ0n) is 22.9. The van der Waals surface area contributed by atoms with Gasteiger partial charge in [-0.15, -0.1) is 11.8 Å². The maximum Gasteiger partial charge on any atom is 0.386 e. The SMILES string of the molecule is Nc1nc2c(ncn2[C@H]2C[C@@H](F)[C@@H](COP(=O)(S)OC[C@H]3C[C@H](n4cnc5c(N)ncnc54)OC3COP(=O)(O)S)S2)c(=O)[nH]1. The highest BCUT2D eigenvalue weighted by atomic mass is 32.7. The third-order valence-electron chi connectivity index (χ3n) is 7.24. The van der Waals surface area contributed by atoms with Gasteiger partial charge in [-0.3, -0.25) is 23.4 Å². The number of thiol groups is 2. The van der Waals surface area contributed by atoms with Crippen molar-refractivity contribution in [2.75, 3.05) is 31.3 Å². The number of halogens is 1. The molecule has 0 aliphatic carbocycles. The number of anilines is 2. The first-order valence-corrected chi connectivity index (χ1v) is 19.6. The van der Waals surface area contributed by atoms with Gasteiger partial charge in [-0.25, -0.2) is 33.5 Å². The molecule has 2 aliphatic heterocycles. The number of nitrogens with two attached hydrogens (primary N) is 2. The van der Waals surface area contributed by atoms with Crippen LogP contribution in [0.25, 0.3) is 22.3 Å². The second-order valence-corrected chi connectivity index (χ2v) is 17.3. The minimum Gasteiger partial charge on any atom is -0.382 e. The molecule has 6 rings (SSSR count). The Morgan fingerprint density at radius 2 is 1.78 bits per heavy atom. The number of fused-ring (bicyclic) bond motifs is 2. The molecule has 4 aromatic rings. The van der Waals surface area contributed by atoms with Gasteiger partial charge in [-0.2, -0.15) is 4.98 Å². The van der Waals surface area contributed by atoms with Gasteiger partial charge in [0.15, 0.2) is 22.6 Å². The molecule has 45 heavy (non-hydrogen) atoms. The Morgan fingerprint density at radius 1 is 1.04 bits per heavy atom. The van der Waals surface area contributed by atoms with Crippen LogP contribution >= 0.6 is 49.9 Å². The number of nitrogens with one attached hydrogen (secondary N) is 1. The van der Waals surface area contributed by atoms with E-state index < -0.39 is 54.2 Å². The molecular weight excluding hydrogens is 697 g/mol. The van der Waals surface area contributed by atoms with Crippen molar-refractivity contribution in [1.29, 1.82) is 0 Å². The minimum absolute atomic E-state index is 0.0537. The number of alkyl halides is 1. The van der Waals surface area contributed by atoms with Crippen LogP contribution in [-0.2, 0) is 27.4 Å². The van der Waals surface area contributed by atoms with Crippen LogP contribution in [0.1, 0.15) is 24.4 Å². The number of imidazole rings is 2. The van der Waals surface area contributed by atoms with Crippen molar-refractivity contribution in [3.8, 4) is 0 Å². The molecule has 0 spiro atoms. The van der Waals surface area contributed by atoms with Crippen LogP contribution in [0.15, 0.2) is 23.8 Å². The van der Waals surface area contributed by atoms with Gasteiger partial charge < -0.3 is 30.2 Å². The van der Waals surface area contributed by atoms with Gasteiger partial charge in [0.25, 0.3) is 5.56 Å². The van der Waals surface area contributed by atoms with E-state index in [0.29, 0.717) is 11.2 Å². The van der Waals surface area contributed by atoms with Crippen LogP contribution in [0.5, 0.6) is 0 Å². The van der Waals surface area contributed by atoms with Gasteiger partial charge in [0, 0.05) is 18.8 Å². The number of H-pyrrole nitrogens is 1. The lowest BCUT2D eigenvalue weighted by atomic mass is 10.0. The zero-order valence-corrected chi connectivity index (χ0v) is 27.3. The van der Waals surface area contributed by atoms with Crippen molar-refractivity contribution >= 4 is 83.9 Å². The summed E-state index contributed by atoms with van der Waals surface area (Å²) in [5.41, 5.74) is 12.1. The summed E-state index contributed by atoms with van der Waals surface area (Å²) in [6.45, 7) is -8.98. The molecule has 3 unspecified atom stereocenters. The first kappa shape index (κ1) is 32.7. The summed E-state index contributed by atoms with van der Waals surface area (Å²) in [6.07, 6.45) is 1.65. The predicted octanol–water partition coefficient (Wildman–Crippen LogP) is 2.49. The van der Waals surface area contributed by atoms with Crippen LogP contribution in [0.2, 0.25) is 0 Å². The minimum atomic E-state index is -4.14. The smallest absolute Gasteiger partial charge is 0.382 e. The summed E-state index contributed by atoms with van der Waals surface area (Å²) in [4.78, 5) is 44.5. The number of ether oxygens (including phenoxy) is 1. The highest BCUT2D eigenvalue weighted by Gasteiger charge is 2.41. The maximum atomic E-state index is 15.0. The normalized spacial score (nSPS) is 28.1. The fourth-order valence-electron chi connectivity index (χ4n) is 5.12. The molecule has 0 bridgehead atoms. The fourth-order valence-corrected chi connectivity index (χ4v) is 8.38. The summed E-state index contributed by atoms with van der Waals surface area (Å²) in [5.74, 6) is -0.437. The van der Waals surface area contributed by atoms with Gasteiger partial charge in [-0.1, -0.05) is 24.5 Å². The monoisotopic (exact) mass is 724 g/mol. The molecule has 2 aliphatic rings. The lowest BCUT2D eigenvalue weighted by molar-refractivity contribution is -0.0283. The fraction of sp³-hybridized carbons (Fsp3) is 0.524. The summed E-state index contributed by atoms with van der Waals surface area (Å²) in [5, 5.41) is -1.22. The van der Waals surface area contributed by atoms with E-state index in [0.717, 1.165) is 0 Å². The quantitative estimate of drug-likeness (QED) is 0.0960. The zero-order chi connectivity index (χ0) is 32.1. The molecular formula is C21H27FN10O8P2S3. The number of rotatable bonds is 11. The number of aromatic amines is 1. The van der Waals surface area contributed by atoms with Gasteiger partial charge in [0.1, 0.15) is 24.2 Å². The summed E-state index contributed by atoms with van der Waals surface area (Å²) < 4.78 is 65.1. The summed E-state index contributed by atoms with van der Waals surface area (Å²) in [7, 11) is 0. The molecule has 2 saturated heterocycles. The molecule has 24 heteroatoms. The van der Waals surface area contributed by atoms with E-state index in [9.17, 15) is 18.8 Å². The van der Waals surface area contributed by atoms with Crippen molar-refractivity contribution in [2.45, 2.75) is 42.0 Å². The van der Waals surface area contributed by atoms with Gasteiger partial charge in [0.2, 0.25) is 5.95 Å². The van der Waals surface area contributed by atoms with Crippen LogP contribution in [-0.4, -0.2) is 81.3 Å². The van der Waals surface area contributed by atoms with Crippen molar-refractivity contribution in [1.82, 2.24) is 39.0 Å². The van der Waals surface area contributed by atoms with Crippen molar-refractivity contribution in [3.63, 3.8) is 0 Å². The topological polar surface area (TPSA) is 250 Å². The number of nitrogen functional groups attached to an aromatic ring is 2. The second kappa shape index (κ2) is 12.7. The Bertz CT molecular complexity index is 1880. The lowest BCUT2D eigenvalue weighted by Gasteiger charge is -2.21. The molecule has 0 aromatic carbocycles. The Balaban J connectivity index is 1.09. The van der Waals surface area contributed by atoms with Gasteiger partial charge in [-0.05, 0) is 0 Å². The second-order valence-electron chi connectivity index (χ2n) is 10.2. The molecule has 0 saturated carbocycles. The highest BCUT2D eigenvalue weighted by Crippen LogP contribution is 2.56. The Morgan fingerprint density at radius 3 is 2.56 bits per heavy atom. The first-order valence-electron chi connectivity index (χ1n) is 13.2. The maximum absolute atomic E-state index is 15.0. The molecule has 18 nitrogen and oxygen atoms in total. The van der Waals surface area contributed by atoms with Crippen molar-refractivity contribution < 1.29 is 36.7 Å². The number of aromatic nitrogens is 8. The molecule has 0 radical (unpaired) electrons. The van der Waals surface area contributed by atoms with Gasteiger partial charge >= 0.3 is 13.6 Å². The molecule has 4 aromatic heterocycles. The van der Waals surface area contributed by atoms with E-state index in [-0.39, 0.29) is 55.6 Å². The molecule has 8 atom stereocenters. The Hall–Kier alpha value is -2.26. The standard InChI is InChI=1S/C21H27FN10O8P2S3/c22-10-2-14(32-8-28-16-19(32)29-21(24)30-20(16)33)45-12(10)5-39-42(36,44)38-3-9-1-13(40-11(9)4-37-41(34,35)43)31-7-27-15-17(23)25-6-26-18(15)31/h6-14H,1-5H2,(H,36,44)(H2,23,25,26)(H2,34,35,43)(H3,24,29,30,33)/t9-,10-,11?,12-,13-,14-,42?/m1/s1. The molecule has 6 N–H and O–H groups in total. The van der Waals surface area contributed by atoms with Crippen molar-refractivity contribution in [3.05, 3.63) is 29.3 Å². The van der Waals surface area contributed by atoms with E-state index in [1.165, 1.54) is 30.7 Å². The van der Waals surface area contributed by atoms with E-state index in [2.05, 4.69) is 54.4 Å². The lowest BCUT2D eigenvalue weighted by Crippen LogP contribution is -2.25. The van der Waals surface area contributed by atoms with Gasteiger partial charge in [0.05, 0.1) is 49.2 Å².